The van der Waals surface area contributed by atoms with Crippen LogP contribution in [0.25, 0.3) is 0 Å². The van der Waals surface area contributed by atoms with E-state index in [1.807, 2.05) is 31.2 Å². The third-order valence-corrected chi connectivity index (χ3v) is 5.60. The van der Waals surface area contributed by atoms with Crippen LogP contribution in [0.3, 0.4) is 0 Å². The lowest BCUT2D eigenvalue weighted by Gasteiger charge is -2.36. The van der Waals surface area contributed by atoms with Crippen LogP contribution in [0.1, 0.15) is 34.5 Å². The molecule has 9 heteroatoms. The largest absolute Gasteiger partial charge is 0.480 e. The maximum Gasteiger partial charge on any atom is 0.327 e. The molecule has 3 aromatic rings. The van der Waals surface area contributed by atoms with E-state index in [0.29, 0.717) is 16.9 Å². The maximum absolute atomic E-state index is 13.5. The first-order valence-electron chi connectivity index (χ1n) is 10.9. The predicted molar refractivity (Wildman–Crippen MR) is 131 cm³/mol. The quantitative estimate of drug-likeness (QED) is 0.447. The van der Waals surface area contributed by atoms with Crippen molar-refractivity contribution in [2.75, 3.05) is 15.5 Å². The van der Waals surface area contributed by atoms with Crippen molar-refractivity contribution >= 4 is 40.9 Å². The standard InChI is InChI=1S/C26H24N4O5/c1-15-7-6-10-19(13-15)28-26(35)30-21-12-11-18(23(31)27-16(2)25(33)34)14-20(21)29-24(32)22(30)17-8-4-3-5-9-17/h3-14,16,22H,1-2H3,(H,27,31)(H,28,35)(H,29,32)(H,33,34). The fourth-order valence-electron chi connectivity index (χ4n) is 3.86. The third kappa shape index (κ3) is 4.98. The molecule has 3 aromatic carbocycles. The number of aliphatic carboxylic acids is 1. The van der Waals surface area contributed by atoms with Gasteiger partial charge in [-0.3, -0.25) is 19.3 Å². The van der Waals surface area contributed by atoms with E-state index in [0.717, 1.165) is 5.56 Å². The van der Waals surface area contributed by atoms with Gasteiger partial charge in [0.05, 0.1) is 11.4 Å². The molecule has 0 spiro atoms. The molecule has 1 heterocycles. The van der Waals surface area contributed by atoms with Gasteiger partial charge in [0.25, 0.3) is 11.8 Å². The Labute approximate surface area is 201 Å². The number of urea groups is 1. The Hall–Kier alpha value is -4.66. The van der Waals surface area contributed by atoms with Crippen LogP contribution in [0.15, 0.2) is 72.8 Å². The molecule has 2 atom stereocenters. The number of carbonyl (C=O) groups is 4. The van der Waals surface area contributed by atoms with Crippen LogP contribution in [0, 0.1) is 6.92 Å². The highest BCUT2D eigenvalue weighted by Crippen LogP contribution is 2.39. The van der Waals surface area contributed by atoms with Gasteiger partial charge in [0.15, 0.2) is 0 Å². The number of amides is 4. The van der Waals surface area contributed by atoms with Gasteiger partial charge in [-0.15, -0.1) is 0 Å². The van der Waals surface area contributed by atoms with Crippen LogP contribution < -0.4 is 20.9 Å². The monoisotopic (exact) mass is 472 g/mol. The fourth-order valence-corrected chi connectivity index (χ4v) is 3.86. The van der Waals surface area contributed by atoms with Crippen molar-refractivity contribution in [3.05, 3.63) is 89.5 Å². The average molecular weight is 473 g/mol. The van der Waals surface area contributed by atoms with Crippen molar-refractivity contribution in [2.45, 2.75) is 25.9 Å². The minimum absolute atomic E-state index is 0.148. The lowest BCUT2D eigenvalue weighted by molar-refractivity contribution is -0.138. The normalized spacial score (nSPS) is 15.4. The van der Waals surface area contributed by atoms with Crippen LogP contribution in [-0.4, -0.2) is 35.0 Å². The van der Waals surface area contributed by atoms with Crippen molar-refractivity contribution in [3.63, 3.8) is 0 Å². The summed E-state index contributed by atoms with van der Waals surface area (Å²) in [5, 5.41) is 17.1. The van der Waals surface area contributed by atoms with Crippen LogP contribution in [-0.2, 0) is 9.59 Å². The highest BCUT2D eigenvalue weighted by atomic mass is 16.4. The number of carbonyl (C=O) groups excluding carboxylic acids is 3. The van der Waals surface area contributed by atoms with Crippen LogP contribution in [0.4, 0.5) is 21.9 Å². The van der Waals surface area contributed by atoms with Crippen molar-refractivity contribution in [1.29, 1.82) is 0 Å². The Kier molecular flexibility index (Phi) is 6.50. The van der Waals surface area contributed by atoms with E-state index in [4.69, 9.17) is 5.11 Å². The summed E-state index contributed by atoms with van der Waals surface area (Å²) >= 11 is 0. The number of hydrogen-bond donors (Lipinski definition) is 4. The van der Waals surface area contributed by atoms with Crippen molar-refractivity contribution in [3.8, 4) is 0 Å². The first-order chi connectivity index (χ1) is 16.7. The number of benzene rings is 3. The Morgan fingerprint density at radius 3 is 2.43 bits per heavy atom. The predicted octanol–water partition coefficient (Wildman–Crippen LogP) is 3.93. The van der Waals surface area contributed by atoms with Crippen molar-refractivity contribution < 1.29 is 24.3 Å². The molecule has 9 nitrogen and oxygen atoms in total. The van der Waals surface area contributed by atoms with Gasteiger partial charge in [0.2, 0.25) is 0 Å². The first kappa shape index (κ1) is 23.5. The Morgan fingerprint density at radius 1 is 1.00 bits per heavy atom. The number of hydrogen-bond acceptors (Lipinski definition) is 4. The molecule has 0 aromatic heterocycles. The van der Waals surface area contributed by atoms with Gasteiger partial charge in [0, 0.05) is 11.3 Å². The Bertz CT molecular complexity index is 1310. The van der Waals surface area contributed by atoms with Crippen molar-refractivity contribution in [1.82, 2.24) is 5.32 Å². The third-order valence-electron chi connectivity index (χ3n) is 5.60. The van der Waals surface area contributed by atoms with E-state index in [1.165, 1.54) is 24.0 Å². The summed E-state index contributed by atoms with van der Waals surface area (Å²) in [5.74, 6) is -2.23. The van der Waals surface area contributed by atoms with Gasteiger partial charge in [-0.1, -0.05) is 42.5 Å². The highest BCUT2D eigenvalue weighted by Gasteiger charge is 2.38. The smallest absolute Gasteiger partial charge is 0.327 e. The van der Waals surface area contributed by atoms with Gasteiger partial charge < -0.3 is 21.1 Å². The molecule has 2 unspecified atom stereocenters. The zero-order valence-electron chi connectivity index (χ0n) is 19.1. The fraction of sp³-hybridized carbons (Fsp3) is 0.154. The number of anilines is 3. The topological polar surface area (TPSA) is 128 Å². The Balaban J connectivity index is 1.73. The van der Waals surface area contributed by atoms with Gasteiger partial charge >= 0.3 is 12.0 Å². The van der Waals surface area contributed by atoms with Crippen molar-refractivity contribution in [2.24, 2.45) is 0 Å². The minimum Gasteiger partial charge on any atom is -0.480 e. The molecular formula is C26H24N4O5. The van der Waals surface area contributed by atoms with E-state index in [1.54, 1.807) is 36.4 Å². The van der Waals surface area contributed by atoms with E-state index in [2.05, 4.69) is 16.0 Å². The van der Waals surface area contributed by atoms with Crippen LogP contribution in [0.2, 0.25) is 0 Å². The number of fused-ring (bicyclic) bond motifs is 1. The summed E-state index contributed by atoms with van der Waals surface area (Å²) < 4.78 is 0. The zero-order chi connectivity index (χ0) is 25.1. The number of carboxylic acids is 1. The zero-order valence-corrected chi connectivity index (χ0v) is 19.1. The molecule has 4 N–H and O–H groups in total. The second-order valence-electron chi connectivity index (χ2n) is 8.24. The number of nitrogens with zero attached hydrogens (tertiary/aromatic N) is 1. The second-order valence-corrected chi connectivity index (χ2v) is 8.24. The summed E-state index contributed by atoms with van der Waals surface area (Å²) in [6.45, 7) is 3.26. The summed E-state index contributed by atoms with van der Waals surface area (Å²) in [6, 6.07) is 18.1. The molecule has 0 saturated heterocycles. The summed E-state index contributed by atoms with van der Waals surface area (Å²) in [5.41, 5.74) is 2.96. The van der Waals surface area contributed by atoms with E-state index in [-0.39, 0.29) is 11.3 Å². The lowest BCUT2D eigenvalue weighted by atomic mass is 9.99. The summed E-state index contributed by atoms with van der Waals surface area (Å²) in [4.78, 5) is 51.7. The molecule has 0 aliphatic carbocycles. The maximum atomic E-state index is 13.5. The number of carboxylic acid groups (broad SMARTS) is 1. The molecule has 0 bridgehead atoms. The molecule has 35 heavy (non-hydrogen) atoms. The van der Waals surface area contributed by atoms with E-state index in [9.17, 15) is 19.2 Å². The summed E-state index contributed by atoms with van der Waals surface area (Å²) in [7, 11) is 0. The van der Waals surface area contributed by atoms with E-state index >= 15 is 0 Å². The summed E-state index contributed by atoms with van der Waals surface area (Å²) in [6.07, 6.45) is 0. The highest BCUT2D eigenvalue weighted by molar-refractivity contribution is 6.15. The molecule has 178 valence electrons. The van der Waals surface area contributed by atoms with Crippen LogP contribution in [0.5, 0.6) is 0 Å². The molecule has 4 amide bonds. The molecule has 1 aliphatic heterocycles. The SMILES string of the molecule is Cc1cccc(NC(=O)N2c3ccc(C(=O)NC(C)C(=O)O)cc3NC(=O)C2c2ccccc2)c1. The molecule has 0 fully saturated rings. The molecule has 0 saturated carbocycles. The number of nitrogens with one attached hydrogen (secondary N) is 3. The lowest BCUT2D eigenvalue weighted by Crippen LogP contribution is -2.47. The molecular weight excluding hydrogens is 448 g/mol. The Morgan fingerprint density at radius 2 is 1.74 bits per heavy atom. The number of rotatable bonds is 5. The van der Waals surface area contributed by atoms with Gasteiger partial charge in [-0.05, 0) is 55.3 Å². The molecule has 0 radical (unpaired) electrons. The van der Waals surface area contributed by atoms with Gasteiger partial charge in [-0.25, -0.2) is 4.79 Å². The van der Waals surface area contributed by atoms with Gasteiger partial charge in [-0.2, -0.15) is 0 Å². The number of aryl methyl sites for hydroxylation is 1. The molecule has 1 aliphatic rings. The second kappa shape index (κ2) is 9.68. The minimum atomic E-state index is -1.17. The van der Waals surface area contributed by atoms with Crippen LogP contribution >= 0.6 is 0 Å². The van der Waals surface area contributed by atoms with E-state index < -0.39 is 35.9 Å². The molecule has 4 rings (SSSR count). The first-order valence-corrected chi connectivity index (χ1v) is 10.9. The average Bonchev–Trinajstić information content (AvgIpc) is 2.83. The van der Waals surface area contributed by atoms with Gasteiger partial charge in [0.1, 0.15) is 12.1 Å².